The molecule has 0 spiro atoms. The van der Waals surface area contributed by atoms with Crippen LogP contribution >= 0.6 is 0 Å². The minimum atomic E-state index is -0.0390. The van der Waals surface area contributed by atoms with E-state index in [-0.39, 0.29) is 63.3 Å². The second-order valence-corrected chi connectivity index (χ2v) is 8.48. The van der Waals surface area contributed by atoms with Gasteiger partial charge in [0.25, 0.3) is 0 Å². The van der Waals surface area contributed by atoms with Crippen LogP contribution in [0.15, 0.2) is 105 Å². The fourth-order valence-corrected chi connectivity index (χ4v) is 3.93. The van der Waals surface area contributed by atoms with Crippen LogP contribution in [0.1, 0.15) is 25.0 Å². The van der Waals surface area contributed by atoms with Crippen molar-refractivity contribution in [2.45, 2.75) is 13.8 Å². The zero-order valence-electron chi connectivity index (χ0n) is 23.5. The maximum atomic E-state index is 10.5. The fraction of sp³-hybridized carbons (Fsp3) is 0.0645. The molecule has 0 atom stereocenters. The van der Waals surface area contributed by atoms with Gasteiger partial charge in [-0.15, -0.1) is 10.2 Å². The minimum Gasteiger partial charge on any atom is -0.506 e. The van der Waals surface area contributed by atoms with E-state index >= 15 is 0 Å². The first kappa shape index (κ1) is 33.7. The van der Waals surface area contributed by atoms with Crippen molar-refractivity contribution < 1.29 is 42.9 Å². The first-order valence-corrected chi connectivity index (χ1v) is 12.4. The molecule has 1 radical (unpaired) electrons. The van der Waals surface area contributed by atoms with E-state index in [1.807, 2.05) is 26.0 Å². The molecular weight excluding hydrogens is 605 g/mol. The Hall–Kier alpha value is -4.54. The van der Waals surface area contributed by atoms with Crippen molar-refractivity contribution in [3.63, 3.8) is 0 Å². The van der Waals surface area contributed by atoms with Gasteiger partial charge in [0.1, 0.15) is 34.5 Å². The van der Waals surface area contributed by atoms with Crippen LogP contribution in [0, 0.1) is 18.2 Å². The Morgan fingerprint density at radius 1 is 0.571 bits per heavy atom. The van der Waals surface area contributed by atoms with Gasteiger partial charge in [0, 0.05) is 54.6 Å². The summed E-state index contributed by atoms with van der Waals surface area (Å²) in [6.07, 6.45) is 0. The van der Waals surface area contributed by atoms with Gasteiger partial charge in [-0.1, -0.05) is 26.0 Å². The molecule has 5 rings (SSSR count). The number of nitrogen functional groups attached to an aromatic ring is 2. The predicted octanol–water partition coefficient (Wildman–Crippen LogP) is 8.28. The summed E-state index contributed by atoms with van der Waals surface area (Å²) < 4.78 is 0. The zero-order valence-corrected chi connectivity index (χ0v) is 26.3. The number of nitrogens with two attached hydrogens (primary N) is 2. The summed E-state index contributed by atoms with van der Waals surface area (Å²) >= 11 is 0. The Balaban J connectivity index is 0.00000151. The average Bonchev–Trinajstić information content (AvgIpc) is 2.97. The summed E-state index contributed by atoms with van der Waals surface area (Å²) in [6, 6.07) is 23.7. The van der Waals surface area contributed by atoms with Crippen LogP contribution in [-0.2, 0) is 32.7 Å². The number of azo groups is 2. The number of amidine groups is 2. The van der Waals surface area contributed by atoms with Crippen LogP contribution in [0.2, 0.25) is 0 Å². The SMILES string of the molecule is CC.N=C(N)c1ccc(N=Nc2c(O)ccc3cc4c(N=Nc5ccc(C(=N)N)cc5)c(O)ccc4cc23)cc1.[CH3-].[Y]. The van der Waals surface area contributed by atoms with E-state index < -0.39 is 0 Å². The third-order valence-electron chi connectivity index (χ3n) is 5.95. The maximum Gasteiger partial charge on any atom is 0.143 e. The summed E-state index contributed by atoms with van der Waals surface area (Å²) in [4.78, 5) is 0. The third-order valence-corrected chi connectivity index (χ3v) is 5.95. The second kappa shape index (κ2) is 14.9. The number of aromatic hydroxyl groups is 2. The first-order chi connectivity index (χ1) is 19.3. The topological polar surface area (TPSA) is 190 Å². The molecule has 0 unspecified atom stereocenters. The molecule has 42 heavy (non-hydrogen) atoms. The van der Waals surface area contributed by atoms with Gasteiger partial charge in [-0.3, -0.25) is 10.8 Å². The molecule has 8 N–H and O–H groups in total. The van der Waals surface area contributed by atoms with Crippen molar-refractivity contribution in [1.29, 1.82) is 10.8 Å². The van der Waals surface area contributed by atoms with Crippen LogP contribution in [-0.4, -0.2) is 21.9 Å². The first-order valence-electron chi connectivity index (χ1n) is 12.4. The molecule has 0 aliphatic rings. The van der Waals surface area contributed by atoms with Crippen LogP contribution in [0.25, 0.3) is 21.5 Å². The molecule has 0 saturated carbocycles. The number of hydrogen-bond donors (Lipinski definition) is 6. The molecule has 0 aromatic heterocycles. The molecule has 0 heterocycles. The van der Waals surface area contributed by atoms with E-state index in [0.29, 0.717) is 44.6 Å². The van der Waals surface area contributed by atoms with E-state index in [2.05, 4.69) is 20.5 Å². The molecule has 0 amide bonds. The monoisotopic (exact) mass is 636 g/mol. The third kappa shape index (κ3) is 7.40. The molecule has 5 aromatic carbocycles. The van der Waals surface area contributed by atoms with Crippen molar-refractivity contribution in [2.24, 2.45) is 31.9 Å². The number of fused-ring (bicyclic) bond motifs is 2. The van der Waals surface area contributed by atoms with E-state index in [1.54, 1.807) is 60.7 Å². The molecule has 211 valence electrons. The molecule has 10 nitrogen and oxygen atoms in total. The number of phenols is 2. The Bertz CT molecular complexity index is 1650. The summed E-state index contributed by atoms with van der Waals surface area (Å²) in [7, 11) is 0. The van der Waals surface area contributed by atoms with Crippen LogP contribution in [0.4, 0.5) is 22.7 Å². The van der Waals surface area contributed by atoms with E-state index in [0.717, 1.165) is 10.8 Å². The summed E-state index contributed by atoms with van der Waals surface area (Å²) in [5.41, 5.74) is 13.8. The number of nitrogens with zero attached hydrogens (tertiary/aromatic N) is 4. The van der Waals surface area contributed by atoms with Gasteiger partial charge in [-0.25, -0.2) is 0 Å². The molecule has 0 aliphatic heterocycles. The van der Waals surface area contributed by atoms with Crippen molar-refractivity contribution in [3.05, 3.63) is 103 Å². The number of benzene rings is 5. The Labute approximate surface area is 269 Å². The van der Waals surface area contributed by atoms with Crippen LogP contribution < -0.4 is 11.5 Å². The van der Waals surface area contributed by atoms with Crippen LogP contribution in [0.5, 0.6) is 11.5 Å². The van der Waals surface area contributed by atoms with Gasteiger partial charge in [0.2, 0.25) is 0 Å². The van der Waals surface area contributed by atoms with Crippen LogP contribution in [0.3, 0.4) is 0 Å². The van der Waals surface area contributed by atoms with Crippen molar-refractivity contribution in [3.8, 4) is 11.5 Å². The standard InChI is InChI=1S/C28H22N8O2.C2H6.CH3.Y/c29-27(30)15-1-7-19(8-2-15)33-35-25-21-13-18-6-12-24(38)26(22(18)14-17(21)5-11-23(25)37)36-34-20-9-3-16(4-10-20)28(31)32;1-2;;/h1-14,37-38H,(H3,29,30)(H3,31,32);1-2H3;1H3;/q;;-1;. The molecule has 0 saturated heterocycles. The Morgan fingerprint density at radius 3 is 1.21 bits per heavy atom. The average molecular weight is 637 g/mol. The van der Waals surface area contributed by atoms with E-state index in [9.17, 15) is 10.2 Å². The smallest absolute Gasteiger partial charge is 0.143 e. The minimum absolute atomic E-state index is 0. The number of nitrogens with one attached hydrogen (secondary N) is 2. The molecule has 5 aromatic rings. The molecular formula is C31H31N8O2Y-. The normalized spacial score (nSPS) is 10.6. The van der Waals surface area contributed by atoms with Gasteiger partial charge in [-0.2, -0.15) is 10.2 Å². The summed E-state index contributed by atoms with van der Waals surface area (Å²) in [5.74, 6) is -0.145. The van der Waals surface area contributed by atoms with Crippen molar-refractivity contribution in [2.75, 3.05) is 0 Å². The second-order valence-electron chi connectivity index (χ2n) is 8.48. The largest absolute Gasteiger partial charge is 0.506 e. The van der Waals surface area contributed by atoms with Gasteiger partial charge in [0.15, 0.2) is 0 Å². The van der Waals surface area contributed by atoms with Gasteiger partial charge >= 0.3 is 0 Å². The molecule has 0 aliphatic carbocycles. The summed E-state index contributed by atoms with van der Waals surface area (Å²) in [6.45, 7) is 4.00. The Morgan fingerprint density at radius 2 is 0.905 bits per heavy atom. The molecule has 0 fully saturated rings. The van der Waals surface area contributed by atoms with Crippen molar-refractivity contribution >= 4 is 56.0 Å². The molecule has 11 heteroatoms. The predicted molar refractivity (Wildman–Crippen MR) is 166 cm³/mol. The van der Waals surface area contributed by atoms with Crippen molar-refractivity contribution in [1.82, 2.24) is 0 Å². The van der Waals surface area contributed by atoms with Gasteiger partial charge in [0.05, 0.1) is 11.4 Å². The van der Waals surface area contributed by atoms with E-state index in [4.69, 9.17) is 22.3 Å². The quantitative estimate of drug-likeness (QED) is 0.0360. The Kier molecular flexibility index (Phi) is 12.0. The zero-order chi connectivity index (χ0) is 28.8. The fourth-order valence-electron chi connectivity index (χ4n) is 3.93. The summed E-state index contributed by atoms with van der Waals surface area (Å²) in [5, 5.41) is 56.0. The maximum absolute atomic E-state index is 10.5. The molecule has 0 bridgehead atoms. The number of phenolic OH excluding ortho intramolecular Hbond substituents is 2. The van der Waals surface area contributed by atoms with Gasteiger partial charge in [-0.05, 0) is 83.6 Å². The van der Waals surface area contributed by atoms with Gasteiger partial charge < -0.3 is 29.1 Å². The number of rotatable bonds is 6. The number of hydrogen-bond acceptors (Lipinski definition) is 8. The van der Waals surface area contributed by atoms with E-state index in [1.165, 1.54) is 12.1 Å².